The predicted octanol–water partition coefficient (Wildman–Crippen LogP) is 7.76. The Balaban J connectivity index is 0.000000164. The molecule has 20 nitrogen and oxygen atoms in total. The van der Waals surface area contributed by atoms with Crippen molar-refractivity contribution < 1.29 is 41.7 Å². The molecule has 8 aromatic heterocycles. The number of imidazole rings is 2. The van der Waals surface area contributed by atoms with Gasteiger partial charge in [0.15, 0.2) is 34.3 Å². The van der Waals surface area contributed by atoms with E-state index in [-0.39, 0.29) is 29.0 Å². The molecule has 0 saturated heterocycles. The van der Waals surface area contributed by atoms with Gasteiger partial charge in [-0.1, -0.05) is 0 Å². The molecule has 0 atom stereocenters. The molecule has 74 heavy (non-hydrogen) atoms. The number of aromatic nitrogens is 10. The van der Waals surface area contributed by atoms with Crippen LogP contribution in [0, 0.1) is 18.8 Å². The van der Waals surface area contributed by atoms with Crippen molar-refractivity contribution in [2.24, 2.45) is 40.0 Å². The maximum Gasteiger partial charge on any atom is 0.417 e. The van der Waals surface area contributed by atoms with E-state index in [1.54, 1.807) is 106 Å². The number of ether oxygens (including phenoxy) is 4. The Kier molecular flexibility index (Phi) is 15.0. The van der Waals surface area contributed by atoms with Crippen molar-refractivity contribution in [3.63, 3.8) is 0 Å². The molecule has 0 aliphatic heterocycles. The molecule has 0 unspecified atom stereocenters. The minimum absolute atomic E-state index is 0.166. The smallest absolute Gasteiger partial charge is 0.417 e. The summed E-state index contributed by atoms with van der Waals surface area (Å²) in [6.07, 6.45) is 8.88. The Morgan fingerprint density at radius 2 is 1.23 bits per heavy atom. The number of nitrogens with one attached hydrogen (secondary N) is 1. The zero-order valence-electron chi connectivity index (χ0n) is 41.2. The zero-order chi connectivity index (χ0) is 53.2. The summed E-state index contributed by atoms with van der Waals surface area (Å²) in [7, 11) is 9.60. The average Bonchev–Trinajstić information content (AvgIpc) is 4.30. The summed E-state index contributed by atoms with van der Waals surface area (Å²) in [5.41, 5.74) is 7.83. The number of Topliss-reactive ketones (excluding diaryl/α,β-unsaturated/α-hetero) is 2. The number of halogens is 4. The van der Waals surface area contributed by atoms with Crippen LogP contribution in [0.3, 0.4) is 0 Å². The van der Waals surface area contributed by atoms with Crippen molar-refractivity contribution in [3.05, 3.63) is 122 Å². The lowest BCUT2D eigenvalue weighted by atomic mass is 10.1. The molecule has 0 amide bonds. The minimum Gasteiger partial charge on any atom is -0.491 e. The van der Waals surface area contributed by atoms with Gasteiger partial charge in [-0.15, -0.1) is 0 Å². The Morgan fingerprint density at radius 1 is 0.730 bits per heavy atom. The van der Waals surface area contributed by atoms with E-state index >= 15 is 0 Å². The molecule has 0 radical (unpaired) electrons. The molecule has 2 fully saturated rings. The molecular formula is C50H50ClF3N12O8. The number of methoxy groups -OCH3 is 2. The van der Waals surface area contributed by atoms with Crippen LogP contribution in [-0.2, 0) is 56.8 Å². The number of carbonyl (C=O) groups excluding carboxylic acids is 2. The van der Waals surface area contributed by atoms with Crippen LogP contribution >= 0.6 is 11.6 Å². The van der Waals surface area contributed by atoms with Gasteiger partial charge >= 0.3 is 6.18 Å². The molecule has 2 aliphatic rings. The molecule has 0 spiro atoms. The van der Waals surface area contributed by atoms with Gasteiger partial charge in [0.25, 0.3) is 11.1 Å². The number of hydrogen-bond donors (Lipinski definition) is 2. The van der Waals surface area contributed by atoms with Gasteiger partial charge in [-0.2, -0.15) is 23.1 Å². The third-order valence-corrected chi connectivity index (χ3v) is 12.2. The third kappa shape index (κ3) is 11.8. The molecule has 0 bridgehead atoms. The normalized spacial score (nSPS) is 13.1. The number of aryl methyl sites for hydroxylation is 5. The lowest BCUT2D eigenvalue weighted by molar-refractivity contribution is -0.138. The highest BCUT2D eigenvalue weighted by atomic mass is 35.5. The third-order valence-electron chi connectivity index (χ3n) is 11.9. The van der Waals surface area contributed by atoms with Gasteiger partial charge in [-0.25, -0.2) is 9.97 Å². The number of ketones is 2. The summed E-state index contributed by atoms with van der Waals surface area (Å²) in [5.74, 6) is 4.14. The Labute approximate surface area is 424 Å². The van der Waals surface area contributed by atoms with Crippen LogP contribution in [0.15, 0.2) is 83.2 Å². The van der Waals surface area contributed by atoms with Crippen molar-refractivity contribution in [1.29, 1.82) is 0 Å². The van der Waals surface area contributed by atoms with Gasteiger partial charge in [0.05, 0.1) is 49.3 Å². The van der Waals surface area contributed by atoms with Crippen molar-refractivity contribution >= 4 is 62.8 Å². The second-order valence-electron chi connectivity index (χ2n) is 17.7. The molecule has 0 aromatic carbocycles. The summed E-state index contributed by atoms with van der Waals surface area (Å²) in [6, 6.07) is 9.37. The van der Waals surface area contributed by atoms with Crippen LogP contribution in [0.2, 0.25) is 5.28 Å². The van der Waals surface area contributed by atoms with Crippen molar-refractivity contribution in [1.82, 2.24) is 48.2 Å². The van der Waals surface area contributed by atoms with E-state index in [0.717, 1.165) is 35.8 Å². The minimum atomic E-state index is -4.47. The summed E-state index contributed by atoms with van der Waals surface area (Å²) in [5, 5.41) is 3.43. The molecular weight excluding hydrogens is 989 g/mol. The molecule has 8 heterocycles. The molecule has 10 rings (SSSR count). The summed E-state index contributed by atoms with van der Waals surface area (Å²) in [4.78, 5) is 73.6. The molecule has 8 aromatic rings. The van der Waals surface area contributed by atoms with Gasteiger partial charge < -0.3 is 48.3 Å². The molecule has 3 N–H and O–H groups in total. The Morgan fingerprint density at radius 3 is 1.72 bits per heavy atom. The number of pyridine rings is 6. The zero-order valence-corrected chi connectivity index (χ0v) is 41.9. The number of nitrogens with zero attached hydrogens (tertiary/aromatic N) is 10. The van der Waals surface area contributed by atoms with E-state index < -0.39 is 23.0 Å². The lowest BCUT2D eigenvalue weighted by Gasteiger charge is -2.12. The highest BCUT2D eigenvalue weighted by molar-refractivity contribution is 6.29. The number of anilines is 3. The summed E-state index contributed by atoms with van der Waals surface area (Å²) >= 11 is 6.07. The SMILES string of the molecule is COc1c(Oc2ccnc(CC(=O)C3CC3)c2)cnc2nc(Cl)n(C)c12.COc1c(Oc2ccnc(CC(=O)C3CC3)c2)cnc2nc(Nc3cc(C)cn(C)c3=O)n(C)c12.Cn1cc(C(F)(F)F)cc(N)c1=O. The first-order valence-corrected chi connectivity index (χ1v) is 23.3. The first-order valence-electron chi connectivity index (χ1n) is 23.0. The van der Waals surface area contributed by atoms with Crippen molar-refractivity contribution in [2.75, 3.05) is 25.3 Å². The standard InChI is InChI=1S/C25H26N6O4.C18H17ClN4O3.C7H7F3N2O/c1-14-9-18(24(33)30(2)13-14)28-25-29-23-21(31(25)3)22(34-4)20(12-27-23)35-17-7-8-26-16(10-17)11-19(32)15-5-6-15;1-23-15-16(25-2)14(9-21-17(15)22-18(23)19)26-12-5-6-20-11(7-12)8-13(24)10-3-4-10;1-12-3-4(7(8,9)10)2-5(11)6(12)13/h7-10,12-13,15H,5-6,11H2,1-4H3,(H,27,28,29);5-7,9-10H,3-4,8H2,1-2H3;2-3H,11H2,1H3. The fourth-order valence-corrected chi connectivity index (χ4v) is 7.96. The van der Waals surface area contributed by atoms with Gasteiger partial charge in [0.2, 0.25) is 11.2 Å². The van der Waals surface area contributed by atoms with E-state index in [9.17, 15) is 32.3 Å². The van der Waals surface area contributed by atoms with E-state index in [1.165, 1.54) is 11.6 Å². The van der Waals surface area contributed by atoms with Crippen LogP contribution in [0.5, 0.6) is 34.5 Å². The van der Waals surface area contributed by atoms with Crippen LogP contribution in [0.4, 0.5) is 30.5 Å². The van der Waals surface area contributed by atoms with E-state index in [2.05, 4.69) is 35.2 Å². The number of nitrogen functional groups attached to an aromatic ring is 1. The van der Waals surface area contributed by atoms with E-state index in [4.69, 9.17) is 36.3 Å². The monoisotopic (exact) mass is 1040 g/mol. The maximum absolute atomic E-state index is 12.5. The van der Waals surface area contributed by atoms with Crippen LogP contribution < -0.4 is 41.1 Å². The van der Waals surface area contributed by atoms with Crippen molar-refractivity contribution in [3.8, 4) is 34.5 Å². The van der Waals surface area contributed by atoms with Crippen molar-refractivity contribution in [2.45, 2.75) is 51.6 Å². The van der Waals surface area contributed by atoms with Gasteiger partial charge in [0, 0.05) is 89.8 Å². The molecule has 386 valence electrons. The van der Waals surface area contributed by atoms with Gasteiger partial charge in [-0.05, 0) is 74.0 Å². The number of nitrogens with two attached hydrogens (primary N) is 1. The van der Waals surface area contributed by atoms with Crippen LogP contribution in [0.1, 0.15) is 48.2 Å². The number of hydrogen-bond acceptors (Lipinski definition) is 16. The first kappa shape index (κ1) is 52.0. The second kappa shape index (κ2) is 21.4. The average molecular weight is 1040 g/mol. The fourth-order valence-electron chi connectivity index (χ4n) is 7.80. The predicted molar refractivity (Wildman–Crippen MR) is 267 cm³/mol. The van der Waals surface area contributed by atoms with E-state index in [0.29, 0.717) is 110 Å². The van der Waals surface area contributed by atoms with Crippen LogP contribution in [0.25, 0.3) is 22.3 Å². The number of rotatable bonds is 14. The largest absolute Gasteiger partial charge is 0.491 e. The molecule has 2 saturated carbocycles. The fraction of sp³-hybridized carbons (Fsp3) is 0.320. The first-order chi connectivity index (χ1) is 35.2. The van der Waals surface area contributed by atoms with E-state index in [1.807, 2.05) is 6.92 Å². The highest BCUT2D eigenvalue weighted by Crippen LogP contribution is 2.40. The number of fused-ring (bicyclic) bond motifs is 2. The van der Waals surface area contributed by atoms with Crippen LogP contribution in [-0.4, -0.2) is 74.0 Å². The molecule has 2 aliphatic carbocycles. The Bertz CT molecular complexity index is 3540. The number of alkyl halides is 3. The summed E-state index contributed by atoms with van der Waals surface area (Å²) < 4.78 is 65.3. The highest BCUT2D eigenvalue weighted by Gasteiger charge is 2.32. The molecule has 24 heteroatoms. The second-order valence-corrected chi connectivity index (χ2v) is 18.0. The summed E-state index contributed by atoms with van der Waals surface area (Å²) in [6.45, 7) is 1.92. The Hall–Kier alpha value is -8.34. The quantitative estimate of drug-likeness (QED) is 0.106. The lowest BCUT2D eigenvalue weighted by Crippen LogP contribution is -2.22. The topological polar surface area (TPSA) is 240 Å². The van der Waals surface area contributed by atoms with Gasteiger partial charge in [-0.3, -0.25) is 29.1 Å². The number of carbonyl (C=O) groups is 2. The maximum atomic E-state index is 12.5. The van der Waals surface area contributed by atoms with Gasteiger partial charge in [0.1, 0.15) is 39.8 Å².